The lowest BCUT2D eigenvalue weighted by Crippen LogP contribution is -2.28. The molecule has 0 aliphatic carbocycles. The van der Waals surface area contributed by atoms with Crippen LogP contribution < -0.4 is 4.74 Å². The van der Waals surface area contributed by atoms with Crippen LogP contribution in [0.4, 0.5) is 8.78 Å². The van der Waals surface area contributed by atoms with Crippen molar-refractivity contribution >= 4 is 23.4 Å². The van der Waals surface area contributed by atoms with Crippen LogP contribution in [-0.4, -0.2) is 35.0 Å². The van der Waals surface area contributed by atoms with E-state index in [0.717, 1.165) is 36.0 Å². The van der Waals surface area contributed by atoms with Crippen molar-refractivity contribution in [2.45, 2.75) is 44.3 Å². The van der Waals surface area contributed by atoms with Gasteiger partial charge in [0.1, 0.15) is 17.8 Å². The lowest BCUT2D eigenvalue weighted by molar-refractivity contribution is -0.0220. The monoisotopic (exact) mass is 544 g/mol. The zero-order valence-electron chi connectivity index (χ0n) is 20.4. The molecule has 0 saturated carbocycles. The van der Waals surface area contributed by atoms with Crippen LogP contribution in [-0.2, 0) is 16.1 Å². The average Bonchev–Trinajstić information content (AvgIpc) is 2.93. The number of rotatable bonds is 9. The summed E-state index contributed by atoms with van der Waals surface area (Å²) in [5.74, 6) is 5.34. The van der Waals surface area contributed by atoms with Gasteiger partial charge in [-0.2, -0.15) is 0 Å². The lowest BCUT2D eigenvalue weighted by atomic mass is 10.1. The maximum Gasteiger partial charge on any atom is 0.177 e. The molecule has 9 heteroatoms. The molecule has 194 valence electrons. The van der Waals surface area contributed by atoms with Crippen molar-refractivity contribution < 1.29 is 23.0 Å². The summed E-state index contributed by atoms with van der Waals surface area (Å²) in [4.78, 5) is 8.42. The van der Waals surface area contributed by atoms with Gasteiger partial charge in [0.2, 0.25) is 0 Å². The summed E-state index contributed by atoms with van der Waals surface area (Å²) in [5, 5.41) is -0.351. The highest BCUT2D eigenvalue weighted by atomic mass is 35.5. The minimum Gasteiger partial charge on any atom is -0.485 e. The van der Waals surface area contributed by atoms with E-state index in [-0.39, 0.29) is 28.9 Å². The van der Waals surface area contributed by atoms with E-state index in [1.165, 1.54) is 18.9 Å². The fourth-order valence-corrected chi connectivity index (χ4v) is 4.81. The van der Waals surface area contributed by atoms with Gasteiger partial charge in [-0.3, -0.25) is 0 Å². The number of thioether (sulfide) groups is 1. The van der Waals surface area contributed by atoms with Crippen molar-refractivity contribution in [3.63, 3.8) is 0 Å². The van der Waals surface area contributed by atoms with Gasteiger partial charge in [-0.1, -0.05) is 55.3 Å². The minimum atomic E-state index is -1.11. The van der Waals surface area contributed by atoms with E-state index in [4.69, 9.17) is 25.8 Å². The molecule has 4 rings (SSSR count). The van der Waals surface area contributed by atoms with E-state index < -0.39 is 11.6 Å². The first-order valence-electron chi connectivity index (χ1n) is 12.1. The molecule has 0 spiro atoms. The molecule has 1 saturated heterocycles. The van der Waals surface area contributed by atoms with Crippen LogP contribution in [0.15, 0.2) is 48.8 Å². The molecule has 5 nitrogen and oxygen atoms in total. The molecule has 37 heavy (non-hydrogen) atoms. The Kier molecular flexibility index (Phi) is 10.1. The molecule has 0 bridgehead atoms. The summed E-state index contributed by atoms with van der Waals surface area (Å²) in [7, 11) is 0. The first-order valence-corrected chi connectivity index (χ1v) is 13.5. The number of unbranched alkanes of at least 4 members (excludes halogenated alkanes) is 2. The average molecular weight is 545 g/mol. The normalized spacial score (nSPS) is 17.2. The molecule has 2 atom stereocenters. The summed E-state index contributed by atoms with van der Waals surface area (Å²) in [5.41, 5.74) is 2.61. The molecule has 3 aromatic rings. The molecule has 1 fully saturated rings. The zero-order valence-corrected chi connectivity index (χ0v) is 22.0. The van der Waals surface area contributed by atoms with Crippen LogP contribution in [0.25, 0.3) is 0 Å². The van der Waals surface area contributed by atoms with Gasteiger partial charge in [-0.25, -0.2) is 18.7 Å². The molecule has 2 unspecified atom stereocenters. The second kappa shape index (κ2) is 13.7. The fourth-order valence-electron chi connectivity index (χ4n) is 3.50. The van der Waals surface area contributed by atoms with Gasteiger partial charge in [0.05, 0.1) is 23.3 Å². The van der Waals surface area contributed by atoms with Gasteiger partial charge >= 0.3 is 0 Å². The van der Waals surface area contributed by atoms with Gasteiger partial charge in [-0.15, -0.1) is 11.8 Å². The third-order valence-corrected chi connectivity index (χ3v) is 7.08. The maximum absolute atomic E-state index is 13.4. The molecule has 2 aromatic carbocycles. The Labute approximate surface area is 224 Å². The Hall–Kier alpha value is -2.70. The number of hydrogen-bond donors (Lipinski definition) is 0. The fraction of sp³-hybridized carbons (Fsp3) is 0.357. The molecule has 1 aliphatic rings. The Balaban J connectivity index is 1.25. The zero-order chi connectivity index (χ0) is 26.0. The first-order chi connectivity index (χ1) is 18.0. The predicted octanol–water partition coefficient (Wildman–Crippen LogP) is 6.72. The van der Waals surface area contributed by atoms with Gasteiger partial charge in [0, 0.05) is 42.4 Å². The van der Waals surface area contributed by atoms with E-state index in [1.54, 1.807) is 24.2 Å². The van der Waals surface area contributed by atoms with Gasteiger partial charge in [0.25, 0.3) is 0 Å². The summed E-state index contributed by atoms with van der Waals surface area (Å²) in [6, 6.07) is 10.1. The number of nitrogens with zero attached hydrogens (tertiary/aromatic N) is 2. The van der Waals surface area contributed by atoms with Crippen molar-refractivity contribution in [3.8, 4) is 17.6 Å². The summed E-state index contributed by atoms with van der Waals surface area (Å²) < 4.78 is 44.0. The van der Waals surface area contributed by atoms with Crippen LogP contribution >= 0.6 is 23.4 Å². The smallest absolute Gasteiger partial charge is 0.177 e. The molecule has 2 heterocycles. The van der Waals surface area contributed by atoms with Crippen LogP contribution in [0.1, 0.15) is 54.1 Å². The third-order valence-electron chi connectivity index (χ3n) is 5.53. The molecule has 0 amide bonds. The lowest BCUT2D eigenvalue weighted by Gasteiger charge is -2.29. The second-order valence-electron chi connectivity index (χ2n) is 8.45. The molecule has 1 aliphatic heterocycles. The highest BCUT2D eigenvalue weighted by molar-refractivity contribution is 7.99. The quantitative estimate of drug-likeness (QED) is 0.169. The summed E-state index contributed by atoms with van der Waals surface area (Å²) in [6.45, 7) is 3.57. The van der Waals surface area contributed by atoms with Crippen molar-refractivity contribution in [2.24, 2.45) is 0 Å². The van der Waals surface area contributed by atoms with E-state index in [0.29, 0.717) is 18.0 Å². The Bertz CT molecular complexity index is 1200. The second-order valence-corrected chi connectivity index (χ2v) is 9.95. The Morgan fingerprint density at radius 2 is 1.84 bits per heavy atom. The van der Waals surface area contributed by atoms with Crippen LogP contribution in [0, 0.1) is 23.5 Å². The molecular formula is C28H27ClF2N2O3S. The third kappa shape index (κ3) is 8.14. The van der Waals surface area contributed by atoms with Crippen molar-refractivity contribution in [3.05, 3.63) is 88.0 Å². The molecule has 0 radical (unpaired) electrons. The van der Waals surface area contributed by atoms with Crippen molar-refractivity contribution in [2.75, 3.05) is 19.0 Å². The minimum absolute atomic E-state index is 0.00286. The van der Waals surface area contributed by atoms with Crippen LogP contribution in [0.3, 0.4) is 0 Å². The van der Waals surface area contributed by atoms with E-state index in [2.05, 4.69) is 28.7 Å². The maximum atomic E-state index is 13.4. The highest BCUT2D eigenvalue weighted by Crippen LogP contribution is 2.35. The largest absolute Gasteiger partial charge is 0.485 e. The van der Waals surface area contributed by atoms with Gasteiger partial charge in [0.15, 0.2) is 17.5 Å². The number of hydrogen-bond acceptors (Lipinski definition) is 6. The number of aromatic nitrogens is 2. The highest BCUT2D eigenvalue weighted by Gasteiger charge is 2.23. The molecule has 1 aromatic heterocycles. The number of benzene rings is 2. The number of halogens is 3. The Morgan fingerprint density at radius 3 is 2.51 bits per heavy atom. The number of ether oxygens (including phenoxy) is 3. The van der Waals surface area contributed by atoms with Crippen LogP contribution in [0.5, 0.6) is 5.75 Å². The van der Waals surface area contributed by atoms with Gasteiger partial charge < -0.3 is 14.2 Å². The van der Waals surface area contributed by atoms with Gasteiger partial charge in [-0.05, 0) is 24.1 Å². The Morgan fingerprint density at radius 1 is 1.08 bits per heavy atom. The SMILES string of the molecule is CCCCCOC1COC(c2ccc(C#Cc3cnc(COc4cc(F)c(F)c(Cl)c4)nc3)cc2)SC1. The van der Waals surface area contributed by atoms with E-state index >= 15 is 0 Å². The topological polar surface area (TPSA) is 53.5 Å². The molecular weight excluding hydrogens is 518 g/mol. The molecule has 0 N–H and O–H groups in total. The van der Waals surface area contributed by atoms with Crippen molar-refractivity contribution in [1.29, 1.82) is 0 Å². The predicted molar refractivity (Wildman–Crippen MR) is 141 cm³/mol. The van der Waals surface area contributed by atoms with E-state index in [9.17, 15) is 8.78 Å². The van der Waals surface area contributed by atoms with Crippen LogP contribution in [0.2, 0.25) is 5.02 Å². The standard InChI is InChI=1S/C28H27ClF2N2O3S/c1-2-3-4-11-34-23-16-36-28(37-18-23)21-9-7-19(8-10-21)5-6-20-14-32-26(33-15-20)17-35-22-12-24(29)27(31)25(30)13-22/h7-10,12-15,23,28H,2-4,11,16-18H2,1H3. The summed E-state index contributed by atoms with van der Waals surface area (Å²) in [6.07, 6.45) is 6.82. The van der Waals surface area contributed by atoms with Crippen molar-refractivity contribution in [1.82, 2.24) is 9.97 Å². The first kappa shape index (κ1) is 27.3. The van der Waals surface area contributed by atoms with E-state index in [1.807, 2.05) is 24.3 Å². The summed E-state index contributed by atoms with van der Waals surface area (Å²) >= 11 is 7.39.